The van der Waals surface area contributed by atoms with Gasteiger partial charge in [0.05, 0.1) is 39.6 Å². The van der Waals surface area contributed by atoms with Gasteiger partial charge in [-0.25, -0.2) is 0 Å². The summed E-state index contributed by atoms with van der Waals surface area (Å²) in [6, 6.07) is 7.19. The molecule has 0 saturated heterocycles. The van der Waals surface area contributed by atoms with Crippen LogP contribution < -0.4 is 4.90 Å². The quantitative estimate of drug-likeness (QED) is 0.557. The first-order valence-corrected chi connectivity index (χ1v) is 7.45. The predicted octanol–water partition coefficient (Wildman–Crippen LogP) is 1.52. The Hall–Kier alpha value is -1.34. The van der Waals surface area contributed by atoms with Crippen molar-refractivity contribution in [1.82, 2.24) is 0 Å². The van der Waals surface area contributed by atoms with Gasteiger partial charge in [0.2, 0.25) is 0 Å². The molecule has 6 nitrogen and oxygen atoms in total. The van der Waals surface area contributed by atoms with Gasteiger partial charge in [-0.1, -0.05) is 6.07 Å². The van der Waals surface area contributed by atoms with E-state index in [2.05, 4.69) is 4.90 Å². The first kappa shape index (κ1) is 18.7. The molecule has 0 amide bonds. The summed E-state index contributed by atoms with van der Waals surface area (Å²) in [5.74, 6) is 0.253. The van der Waals surface area contributed by atoms with Crippen LogP contribution in [0.5, 0.6) is 5.75 Å². The topological polar surface area (TPSA) is 60.4 Å². The van der Waals surface area contributed by atoms with E-state index >= 15 is 0 Å². The lowest BCUT2D eigenvalue weighted by molar-refractivity contribution is 0.0677. The van der Waals surface area contributed by atoms with Crippen molar-refractivity contribution >= 4 is 5.69 Å². The molecule has 0 saturated carbocycles. The van der Waals surface area contributed by atoms with E-state index in [-0.39, 0.29) is 5.75 Å². The van der Waals surface area contributed by atoms with Gasteiger partial charge in [0.25, 0.3) is 0 Å². The van der Waals surface area contributed by atoms with Crippen LogP contribution in [-0.4, -0.2) is 72.1 Å². The molecule has 22 heavy (non-hydrogen) atoms. The average molecular weight is 313 g/mol. The van der Waals surface area contributed by atoms with E-state index in [0.29, 0.717) is 39.6 Å². The minimum absolute atomic E-state index is 0.253. The number of hydrogen-bond donors (Lipinski definition) is 1. The number of methoxy groups -OCH3 is 2. The fourth-order valence-corrected chi connectivity index (χ4v) is 1.90. The van der Waals surface area contributed by atoms with Gasteiger partial charge in [0, 0.05) is 39.1 Å². The van der Waals surface area contributed by atoms with Crippen molar-refractivity contribution in [1.29, 1.82) is 0 Å². The van der Waals surface area contributed by atoms with E-state index in [0.717, 1.165) is 18.8 Å². The van der Waals surface area contributed by atoms with Crippen LogP contribution in [0.15, 0.2) is 24.3 Å². The summed E-state index contributed by atoms with van der Waals surface area (Å²) in [6.07, 6.45) is 0. The summed E-state index contributed by atoms with van der Waals surface area (Å²) in [7, 11) is 3.31. The zero-order valence-electron chi connectivity index (χ0n) is 13.5. The monoisotopic (exact) mass is 313 g/mol. The Labute approximate surface area is 132 Å². The maximum absolute atomic E-state index is 9.62. The van der Waals surface area contributed by atoms with Crippen molar-refractivity contribution in [2.24, 2.45) is 0 Å². The number of ether oxygens (including phenoxy) is 4. The zero-order chi connectivity index (χ0) is 16.0. The number of phenols is 1. The molecule has 0 aliphatic rings. The largest absolute Gasteiger partial charge is 0.508 e. The lowest BCUT2D eigenvalue weighted by atomic mass is 10.2. The fraction of sp³-hybridized carbons (Fsp3) is 0.625. The molecule has 1 aromatic rings. The number of rotatable bonds is 13. The summed E-state index contributed by atoms with van der Waals surface area (Å²) in [5.41, 5.74) is 0.950. The zero-order valence-corrected chi connectivity index (χ0v) is 13.5. The molecular weight excluding hydrogens is 286 g/mol. The van der Waals surface area contributed by atoms with Crippen molar-refractivity contribution < 1.29 is 24.1 Å². The normalized spacial score (nSPS) is 10.8. The van der Waals surface area contributed by atoms with Crippen LogP contribution in [0.2, 0.25) is 0 Å². The minimum atomic E-state index is 0.253. The number of nitrogens with zero attached hydrogens (tertiary/aromatic N) is 1. The van der Waals surface area contributed by atoms with Crippen LogP contribution in [0.3, 0.4) is 0 Å². The van der Waals surface area contributed by atoms with Gasteiger partial charge in [-0.05, 0) is 12.1 Å². The molecule has 126 valence electrons. The first-order chi connectivity index (χ1) is 10.8. The van der Waals surface area contributed by atoms with Crippen LogP contribution >= 0.6 is 0 Å². The summed E-state index contributed by atoms with van der Waals surface area (Å²) in [6.45, 7) is 4.97. The second-order valence-electron chi connectivity index (χ2n) is 4.72. The maximum atomic E-state index is 9.62. The van der Waals surface area contributed by atoms with E-state index in [9.17, 15) is 5.11 Å². The van der Waals surface area contributed by atoms with Crippen molar-refractivity contribution in [3.8, 4) is 5.75 Å². The molecule has 0 aliphatic heterocycles. The summed E-state index contributed by atoms with van der Waals surface area (Å²) < 4.78 is 20.9. The Bertz CT molecular complexity index is 375. The van der Waals surface area contributed by atoms with Crippen LogP contribution in [0.1, 0.15) is 0 Å². The molecule has 0 atom stereocenters. The number of aromatic hydroxyl groups is 1. The van der Waals surface area contributed by atoms with Crippen molar-refractivity contribution in [3.63, 3.8) is 0 Å². The Morgan fingerprint density at radius 2 is 1.45 bits per heavy atom. The molecular formula is C16H27NO5. The van der Waals surface area contributed by atoms with Crippen LogP contribution in [0.4, 0.5) is 5.69 Å². The van der Waals surface area contributed by atoms with E-state index in [1.165, 1.54) is 0 Å². The Morgan fingerprint density at radius 3 is 1.95 bits per heavy atom. The van der Waals surface area contributed by atoms with Crippen molar-refractivity contribution in [3.05, 3.63) is 24.3 Å². The third-order valence-electron chi connectivity index (χ3n) is 3.07. The number of phenolic OH excluding ortho intramolecular Hbond substituents is 1. The predicted molar refractivity (Wildman–Crippen MR) is 85.7 cm³/mol. The summed E-state index contributed by atoms with van der Waals surface area (Å²) in [5, 5.41) is 9.62. The van der Waals surface area contributed by atoms with Gasteiger partial charge in [-0.3, -0.25) is 0 Å². The highest BCUT2D eigenvalue weighted by atomic mass is 16.5. The van der Waals surface area contributed by atoms with Crippen LogP contribution in [-0.2, 0) is 18.9 Å². The van der Waals surface area contributed by atoms with Crippen LogP contribution in [0, 0.1) is 0 Å². The lowest BCUT2D eigenvalue weighted by Crippen LogP contribution is -2.31. The number of anilines is 1. The minimum Gasteiger partial charge on any atom is -0.508 e. The van der Waals surface area contributed by atoms with Crippen LogP contribution in [0.25, 0.3) is 0 Å². The second kappa shape index (κ2) is 12.2. The molecule has 0 unspecified atom stereocenters. The SMILES string of the molecule is COCCOCCN(CCOCCOC)c1cccc(O)c1. The Morgan fingerprint density at radius 1 is 0.864 bits per heavy atom. The maximum Gasteiger partial charge on any atom is 0.117 e. The Balaban J connectivity index is 2.42. The number of benzene rings is 1. The standard InChI is InChI=1S/C16H27NO5/c1-19-10-12-21-8-6-17(7-9-22-13-11-20-2)15-4-3-5-16(18)14-15/h3-5,14,18H,6-13H2,1-2H3. The molecule has 0 radical (unpaired) electrons. The third-order valence-corrected chi connectivity index (χ3v) is 3.07. The third kappa shape index (κ3) is 8.19. The molecule has 0 bridgehead atoms. The van der Waals surface area contributed by atoms with Crippen molar-refractivity contribution in [2.75, 3.05) is 71.9 Å². The molecule has 0 heterocycles. The van der Waals surface area contributed by atoms with Gasteiger partial charge < -0.3 is 29.0 Å². The van der Waals surface area contributed by atoms with Gasteiger partial charge in [-0.2, -0.15) is 0 Å². The average Bonchev–Trinajstić information content (AvgIpc) is 2.52. The molecule has 1 aromatic carbocycles. The fourth-order valence-electron chi connectivity index (χ4n) is 1.90. The van der Waals surface area contributed by atoms with Gasteiger partial charge in [-0.15, -0.1) is 0 Å². The molecule has 0 aliphatic carbocycles. The van der Waals surface area contributed by atoms with Gasteiger partial charge in [0.15, 0.2) is 0 Å². The van der Waals surface area contributed by atoms with E-state index < -0.39 is 0 Å². The summed E-state index contributed by atoms with van der Waals surface area (Å²) in [4.78, 5) is 2.12. The highest BCUT2D eigenvalue weighted by molar-refractivity contribution is 5.50. The highest BCUT2D eigenvalue weighted by Gasteiger charge is 2.07. The van der Waals surface area contributed by atoms with E-state index in [1.807, 2.05) is 12.1 Å². The smallest absolute Gasteiger partial charge is 0.117 e. The van der Waals surface area contributed by atoms with Gasteiger partial charge in [0.1, 0.15) is 5.75 Å². The molecule has 6 heteroatoms. The molecule has 1 N–H and O–H groups in total. The molecule has 0 aromatic heterocycles. The second-order valence-corrected chi connectivity index (χ2v) is 4.72. The molecule has 0 fully saturated rings. The lowest BCUT2D eigenvalue weighted by Gasteiger charge is -2.25. The Kier molecular flexibility index (Phi) is 10.4. The van der Waals surface area contributed by atoms with Crippen molar-refractivity contribution in [2.45, 2.75) is 0 Å². The van der Waals surface area contributed by atoms with E-state index in [1.54, 1.807) is 26.4 Å². The van der Waals surface area contributed by atoms with E-state index in [4.69, 9.17) is 18.9 Å². The van der Waals surface area contributed by atoms with Gasteiger partial charge >= 0.3 is 0 Å². The molecule has 1 rings (SSSR count). The first-order valence-electron chi connectivity index (χ1n) is 7.45. The molecule has 0 spiro atoms. The summed E-state index contributed by atoms with van der Waals surface area (Å²) >= 11 is 0. The number of hydrogen-bond acceptors (Lipinski definition) is 6. The highest BCUT2D eigenvalue weighted by Crippen LogP contribution is 2.19.